The van der Waals surface area contributed by atoms with E-state index in [2.05, 4.69) is 16.0 Å². The van der Waals surface area contributed by atoms with Crippen molar-refractivity contribution in [3.8, 4) is 0 Å². The van der Waals surface area contributed by atoms with Crippen LogP contribution in [0.2, 0.25) is 0 Å². The Labute approximate surface area is 135 Å². The Balaban J connectivity index is 1.60. The van der Waals surface area contributed by atoms with Gasteiger partial charge in [0.1, 0.15) is 0 Å². The second kappa shape index (κ2) is 7.43. The van der Waals surface area contributed by atoms with Gasteiger partial charge in [0.25, 0.3) is 0 Å². The van der Waals surface area contributed by atoms with E-state index in [0.717, 1.165) is 18.7 Å². The minimum absolute atomic E-state index is 0.0554. The maximum absolute atomic E-state index is 12.1. The molecule has 1 aromatic rings. The number of rotatable bonds is 4. The van der Waals surface area contributed by atoms with Crippen molar-refractivity contribution < 1.29 is 14.3 Å². The van der Waals surface area contributed by atoms with Crippen LogP contribution in [0.15, 0.2) is 24.3 Å². The van der Waals surface area contributed by atoms with Gasteiger partial charge in [0, 0.05) is 43.5 Å². The quantitative estimate of drug-likeness (QED) is 0.771. The Morgan fingerprint density at radius 1 is 1.39 bits per heavy atom. The summed E-state index contributed by atoms with van der Waals surface area (Å²) in [6, 6.07) is 7.33. The molecular formula is C16H22N4O3. The van der Waals surface area contributed by atoms with Gasteiger partial charge in [0.2, 0.25) is 5.91 Å². The van der Waals surface area contributed by atoms with Gasteiger partial charge in [-0.05, 0) is 24.6 Å². The zero-order chi connectivity index (χ0) is 16.1. The lowest BCUT2D eigenvalue weighted by Crippen LogP contribution is -2.46. The Hall–Kier alpha value is -2.12. The summed E-state index contributed by atoms with van der Waals surface area (Å²) in [6.07, 6.45) is 1.28. The highest BCUT2D eigenvalue weighted by atomic mass is 16.5. The van der Waals surface area contributed by atoms with Crippen molar-refractivity contribution in [1.29, 1.82) is 0 Å². The highest BCUT2D eigenvalue weighted by molar-refractivity contribution is 5.95. The first-order chi connectivity index (χ1) is 11.2. The molecule has 2 aliphatic rings. The number of urea groups is 1. The molecule has 7 heteroatoms. The number of benzene rings is 1. The van der Waals surface area contributed by atoms with Crippen LogP contribution in [-0.2, 0) is 9.53 Å². The lowest BCUT2D eigenvalue weighted by Gasteiger charge is -2.28. The number of nitrogens with zero attached hydrogens (tertiary/aromatic N) is 1. The van der Waals surface area contributed by atoms with Crippen molar-refractivity contribution in [2.75, 3.05) is 43.1 Å². The van der Waals surface area contributed by atoms with Crippen LogP contribution in [0, 0.1) is 0 Å². The summed E-state index contributed by atoms with van der Waals surface area (Å²) in [5.74, 6) is -0.0618. The summed E-state index contributed by atoms with van der Waals surface area (Å²) in [5, 5.41) is 8.97. The second-order valence-electron chi connectivity index (χ2n) is 5.77. The van der Waals surface area contributed by atoms with E-state index in [4.69, 9.17) is 4.74 Å². The molecule has 0 aromatic heterocycles. The van der Waals surface area contributed by atoms with Crippen molar-refractivity contribution in [2.24, 2.45) is 0 Å². The molecule has 23 heavy (non-hydrogen) atoms. The maximum Gasteiger partial charge on any atom is 0.321 e. The third kappa shape index (κ3) is 4.20. The highest BCUT2D eigenvalue weighted by Gasteiger charge is 2.20. The van der Waals surface area contributed by atoms with Gasteiger partial charge in [0.05, 0.1) is 13.2 Å². The molecule has 0 bridgehead atoms. The summed E-state index contributed by atoms with van der Waals surface area (Å²) in [7, 11) is 0. The number of carbonyl (C=O) groups excluding carboxylic acids is 2. The summed E-state index contributed by atoms with van der Waals surface area (Å²) in [5.41, 5.74) is 1.49. The maximum atomic E-state index is 12.1. The monoisotopic (exact) mass is 318 g/mol. The molecule has 124 valence electrons. The molecule has 3 rings (SSSR count). The van der Waals surface area contributed by atoms with E-state index in [9.17, 15) is 9.59 Å². The number of nitrogens with one attached hydrogen (secondary N) is 3. The van der Waals surface area contributed by atoms with E-state index in [1.54, 1.807) is 4.90 Å². The van der Waals surface area contributed by atoms with Crippen molar-refractivity contribution in [2.45, 2.75) is 18.9 Å². The molecule has 1 atom stereocenters. The zero-order valence-corrected chi connectivity index (χ0v) is 13.0. The summed E-state index contributed by atoms with van der Waals surface area (Å²) < 4.78 is 5.35. The average molecular weight is 318 g/mol. The van der Waals surface area contributed by atoms with Crippen LogP contribution in [0.25, 0.3) is 0 Å². The van der Waals surface area contributed by atoms with E-state index in [1.807, 2.05) is 24.3 Å². The molecule has 2 saturated heterocycles. The third-order valence-corrected chi connectivity index (χ3v) is 3.95. The van der Waals surface area contributed by atoms with Crippen LogP contribution >= 0.6 is 0 Å². The van der Waals surface area contributed by atoms with Crippen LogP contribution in [0.1, 0.15) is 12.8 Å². The summed E-state index contributed by atoms with van der Waals surface area (Å²) in [6.45, 7) is 3.42. The Morgan fingerprint density at radius 2 is 2.30 bits per heavy atom. The Morgan fingerprint density at radius 3 is 3.09 bits per heavy atom. The molecule has 2 heterocycles. The molecule has 3 amide bonds. The fraction of sp³-hybridized carbons (Fsp3) is 0.500. The fourth-order valence-corrected chi connectivity index (χ4v) is 2.81. The van der Waals surface area contributed by atoms with Gasteiger partial charge >= 0.3 is 6.03 Å². The van der Waals surface area contributed by atoms with Crippen LogP contribution < -0.4 is 20.9 Å². The Bertz CT molecular complexity index is 572. The van der Waals surface area contributed by atoms with Crippen LogP contribution in [0.5, 0.6) is 0 Å². The summed E-state index contributed by atoms with van der Waals surface area (Å²) >= 11 is 0. The number of ether oxygens (including phenoxy) is 1. The molecule has 2 aliphatic heterocycles. The number of anilines is 2. The van der Waals surface area contributed by atoms with Crippen molar-refractivity contribution in [3.63, 3.8) is 0 Å². The van der Waals surface area contributed by atoms with Crippen molar-refractivity contribution in [3.05, 3.63) is 24.3 Å². The van der Waals surface area contributed by atoms with E-state index in [0.29, 0.717) is 38.4 Å². The highest BCUT2D eigenvalue weighted by Crippen LogP contribution is 2.21. The van der Waals surface area contributed by atoms with Crippen LogP contribution in [0.4, 0.5) is 16.2 Å². The molecule has 0 aliphatic carbocycles. The SMILES string of the molecule is O=C(CC1COCCN1)Nc1cccc(N2CCCNC2=O)c1. The first-order valence-corrected chi connectivity index (χ1v) is 7.99. The van der Waals surface area contributed by atoms with E-state index in [1.165, 1.54) is 0 Å². The number of morpholine rings is 1. The molecule has 0 radical (unpaired) electrons. The molecule has 1 unspecified atom stereocenters. The predicted molar refractivity (Wildman–Crippen MR) is 87.7 cm³/mol. The van der Waals surface area contributed by atoms with Gasteiger partial charge in [-0.3, -0.25) is 9.69 Å². The third-order valence-electron chi connectivity index (χ3n) is 3.95. The first kappa shape index (κ1) is 15.8. The first-order valence-electron chi connectivity index (χ1n) is 7.99. The van der Waals surface area contributed by atoms with Gasteiger partial charge in [0.15, 0.2) is 0 Å². The van der Waals surface area contributed by atoms with E-state index in [-0.39, 0.29) is 18.0 Å². The van der Waals surface area contributed by atoms with Gasteiger partial charge in [-0.25, -0.2) is 4.79 Å². The van der Waals surface area contributed by atoms with Gasteiger partial charge in [-0.15, -0.1) is 0 Å². The van der Waals surface area contributed by atoms with Crippen LogP contribution in [0.3, 0.4) is 0 Å². The number of carbonyl (C=O) groups is 2. The normalized spacial score (nSPS) is 21.7. The number of hydrogen-bond acceptors (Lipinski definition) is 4. The fourth-order valence-electron chi connectivity index (χ4n) is 2.81. The average Bonchev–Trinajstić information content (AvgIpc) is 2.56. The minimum Gasteiger partial charge on any atom is -0.378 e. The lowest BCUT2D eigenvalue weighted by atomic mass is 10.2. The van der Waals surface area contributed by atoms with Gasteiger partial charge in [-0.1, -0.05) is 6.07 Å². The predicted octanol–water partition coefficient (Wildman–Crippen LogP) is 0.923. The zero-order valence-electron chi connectivity index (χ0n) is 13.0. The number of hydrogen-bond donors (Lipinski definition) is 3. The Kier molecular flexibility index (Phi) is 5.09. The van der Waals surface area contributed by atoms with Crippen LogP contribution in [-0.4, -0.2) is 50.8 Å². The number of amides is 3. The lowest BCUT2D eigenvalue weighted by molar-refractivity contribution is -0.117. The van der Waals surface area contributed by atoms with Gasteiger partial charge < -0.3 is 20.7 Å². The molecule has 0 spiro atoms. The summed E-state index contributed by atoms with van der Waals surface area (Å²) in [4.78, 5) is 25.7. The van der Waals surface area contributed by atoms with E-state index >= 15 is 0 Å². The topological polar surface area (TPSA) is 82.7 Å². The second-order valence-corrected chi connectivity index (χ2v) is 5.77. The van der Waals surface area contributed by atoms with E-state index < -0.39 is 0 Å². The molecule has 1 aromatic carbocycles. The minimum atomic E-state index is -0.0942. The van der Waals surface area contributed by atoms with Crippen molar-refractivity contribution in [1.82, 2.24) is 10.6 Å². The molecule has 2 fully saturated rings. The molecular weight excluding hydrogens is 296 g/mol. The molecule has 3 N–H and O–H groups in total. The van der Waals surface area contributed by atoms with Gasteiger partial charge in [-0.2, -0.15) is 0 Å². The van der Waals surface area contributed by atoms with Crippen molar-refractivity contribution >= 4 is 23.3 Å². The largest absolute Gasteiger partial charge is 0.378 e. The molecule has 0 saturated carbocycles. The standard InChI is InChI=1S/C16H22N4O3/c21-15(10-13-11-23-8-6-17-13)19-12-3-1-4-14(9-12)20-7-2-5-18-16(20)22/h1,3-4,9,13,17H,2,5-8,10-11H2,(H,18,22)(H,19,21). The smallest absolute Gasteiger partial charge is 0.321 e. The molecule has 7 nitrogen and oxygen atoms in total.